The standard InChI is InChI=1S/C23H20ClN5/c1-15-25-21(16-5-3-2-4-6-16)13-22(26-15)29-12-11-20-19(14-29)23(28-27-20)17-7-9-18(24)10-8-17/h2-10,13H,11-12,14H2,1H3,(H,27,28). The van der Waals surface area contributed by atoms with Crippen LogP contribution in [-0.2, 0) is 13.0 Å². The van der Waals surface area contributed by atoms with Gasteiger partial charge in [0.05, 0.1) is 11.4 Å². The zero-order chi connectivity index (χ0) is 19.8. The van der Waals surface area contributed by atoms with Crippen LogP contribution in [0.2, 0.25) is 5.02 Å². The highest BCUT2D eigenvalue weighted by atomic mass is 35.5. The summed E-state index contributed by atoms with van der Waals surface area (Å²) in [5.41, 5.74) is 6.51. The molecule has 4 aromatic rings. The van der Waals surface area contributed by atoms with Crippen LogP contribution in [0.3, 0.4) is 0 Å². The molecule has 1 aliphatic rings. The van der Waals surface area contributed by atoms with Gasteiger partial charge in [0, 0.05) is 53.0 Å². The van der Waals surface area contributed by atoms with Crippen LogP contribution in [0.25, 0.3) is 22.5 Å². The number of hydrogen-bond acceptors (Lipinski definition) is 4. The molecule has 5 rings (SSSR count). The van der Waals surface area contributed by atoms with Gasteiger partial charge in [-0.15, -0.1) is 0 Å². The van der Waals surface area contributed by atoms with Crippen LogP contribution >= 0.6 is 11.6 Å². The van der Waals surface area contributed by atoms with Gasteiger partial charge >= 0.3 is 0 Å². The monoisotopic (exact) mass is 401 g/mol. The molecule has 0 spiro atoms. The Hall–Kier alpha value is -3.18. The van der Waals surface area contributed by atoms with E-state index in [1.54, 1.807) is 0 Å². The van der Waals surface area contributed by atoms with Gasteiger partial charge in [-0.1, -0.05) is 54.1 Å². The zero-order valence-electron chi connectivity index (χ0n) is 16.1. The lowest BCUT2D eigenvalue weighted by molar-refractivity contribution is 0.708. The maximum atomic E-state index is 6.05. The van der Waals surface area contributed by atoms with Gasteiger partial charge in [0.25, 0.3) is 0 Å². The Bertz CT molecular complexity index is 1150. The summed E-state index contributed by atoms with van der Waals surface area (Å²) in [5, 5.41) is 8.53. The number of benzene rings is 2. The summed E-state index contributed by atoms with van der Waals surface area (Å²) in [6, 6.07) is 20.1. The molecule has 0 bridgehead atoms. The number of fused-ring (bicyclic) bond motifs is 1. The molecule has 0 saturated carbocycles. The minimum atomic E-state index is 0.727. The van der Waals surface area contributed by atoms with E-state index in [2.05, 4.69) is 38.3 Å². The van der Waals surface area contributed by atoms with E-state index < -0.39 is 0 Å². The van der Waals surface area contributed by atoms with Crippen molar-refractivity contribution in [2.75, 3.05) is 11.4 Å². The Morgan fingerprint density at radius 3 is 2.55 bits per heavy atom. The van der Waals surface area contributed by atoms with Gasteiger partial charge in [-0.05, 0) is 19.1 Å². The van der Waals surface area contributed by atoms with Crippen molar-refractivity contribution >= 4 is 17.4 Å². The summed E-state index contributed by atoms with van der Waals surface area (Å²) >= 11 is 6.05. The Morgan fingerprint density at radius 2 is 1.76 bits per heavy atom. The van der Waals surface area contributed by atoms with Gasteiger partial charge in [0.2, 0.25) is 0 Å². The maximum absolute atomic E-state index is 6.05. The minimum Gasteiger partial charge on any atom is -0.352 e. The van der Waals surface area contributed by atoms with Crippen molar-refractivity contribution in [1.29, 1.82) is 0 Å². The first-order valence-corrected chi connectivity index (χ1v) is 10.0. The predicted molar refractivity (Wildman–Crippen MR) is 116 cm³/mol. The molecule has 0 atom stereocenters. The van der Waals surface area contributed by atoms with Gasteiger partial charge in [0.1, 0.15) is 11.6 Å². The molecule has 29 heavy (non-hydrogen) atoms. The highest BCUT2D eigenvalue weighted by Gasteiger charge is 2.24. The van der Waals surface area contributed by atoms with E-state index in [4.69, 9.17) is 16.6 Å². The Kier molecular flexibility index (Phi) is 4.52. The van der Waals surface area contributed by atoms with Crippen molar-refractivity contribution in [2.45, 2.75) is 19.9 Å². The molecular weight excluding hydrogens is 382 g/mol. The highest BCUT2D eigenvalue weighted by Crippen LogP contribution is 2.31. The van der Waals surface area contributed by atoms with Crippen molar-refractivity contribution in [3.8, 4) is 22.5 Å². The molecule has 1 aliphatic heterocycles. The number of aromatic nitrogens is 4. The number of nitrogens with one attached hydrogen (secondary N) is 1. The second-order valence-corrected chi connectivity index (χ2v) is 7.67. The largest absolute Gasteiger partial charge is 0.352 e. The third kappa shape index (κ3) is 3.49. The second-order valence-electron chi connectivity index (χ2n) is 7.23. The molecule has 0 radical (unpaired) electrons. The zero-order valence-corrected chi connectivity index (χ0v) is 16.8. The van der Waals surface area contributed by atoms with Crippen molar-refractivity contribution < 1.29 is 0 Å². The Morgan fingerprint density at radius 1 is 0.966 bits per heavy atom. The third-order valence-electron chi connectivity index (χ3n) is 5.27. The lowest BCUT2D eigenvalue weighted by atomic mass is 10.0. The minimum absolute atomic E-state index is 0.727. The van der Waals surface area contributed by atoms with E-state index in [1.165, 1.54) is 11.3 Å². The molecule has 2 aromatic heterocycles. The van der Waals surface area contributed by atoms with Crippen LogP contribution < -0.4 is 4.90 Å². The van der Waals surface area contributed by atoms with Gasteiger partial charge in [0.15, 0.2) is 0 Å². The predicted octanol–water partition coefficient (Wildman–Crippen LogP) is 5.06. The third-order valence-corrected chi connectivity index (χ3v) is 5.52. The molecule has 0 aliphatic carbocycles. The van der Waals surface area contributed by atoms with E-state index >= 15 is 0 Å². The molecule has 0 fully saturated rings. The average Bonchev–Trinajstić information content (AvgIpc) is 3.18. The molecule has 6 heteroatoms. The molecule has 1 N–H and O–H groups in total. The van der Waals surface area contributed by atoms with Gasteiger partial charge < -0.3 is 4.90 Å². The van der Waals surface area contributed by atoms with E-state index in [1.807, 2.05) is 49.4 Å². The van der Waals surface area contributed by atoms with E-state index in [0.29, 0.717) is 0 Å². The summed E-state index contributed by atoms with van der Waals surface area (Å²) in [4.78, 5) is 11.7. The lowest BCUT2D eigenvalue weighted by Crippen LogP contribution is -2.31. The lowest BCUT2D eigenvalue weighted by Gasteiger charge is -2.28. The molecule has 0 unspecified atom stereocenters. The number of H-pyrrole nitrogens is 1. The van der Waals surface area contributed by atoms with Crippen LogP contribution in [-0.4, -0.2) is 26.7 Å². The van der Waals surface area contributed by atoms with Gasteiger partial charge in [-0.25, -0.2) is 9.97 Å². The fourth-order valence-corrected chi connectivity index (χ4v) is 3.93. The van der Waals surface area contributed by atoms with Crippen LogP contribution in [0.15, 0.2) is 60.7 Å². The first kappa shape index (κ1) is 17.9. The molecule has 0 amide bonds. The fraction of sp³-hybridized carbons (Fsp3) is 0.174. The Balaban J connectivity index is 1.49. The molecule has 2 aromatic carbocycles. The summed E-state index contributed by atoms with van der Waals surface area (Å²) < 4.78 is 0. The average molecular weight is 402 g/mol. The number of aromatic amines is 1. The number of anilines is 1. The van der Waals surface area contributed by atoms with Crippen LogP contribution in [0.1, 0.15) is 17.1 Å². The number of halogens is 1. The molecule has 0 saturated heterocycles. The quantitative estimate of drug-likeness (QED) is 0.521. The number of aryl methyl sites for hydroxylation is 1. The Labute approximate surface area is 174 Å². The summed E-state index contributed by atoms with van der Waals surface area (Å²) in [6.45, 7) is 3.59. The number of nitrogens with zero attached hydrogens (tertiary/aromatic N) is 4. The van der Waals surface area contributed by atoms with Crippen molar-refractivity contribution in [1.82, 2.24) is 20.2 Å². The van der Waals surface area contributed by atoms with E-state index in [-0.39, 0.29) is 0 Å². The molecule has 144 valence electrons. The van der Waals surface area contributed by atoms with Crippen LogP contribution in [0, 0.1) is 6.92 Å². The fourth-order valence-electron chi connectivity index (χ4n) is 3.81. The topological polar surface area (TPSA) is 57.7 Å². The maximum Gasteiger partial charge on any atom is 0.133 e. The van der Waals surface area contributed by atoms with Gasteiger partial charge in [-0.3, -0.25) is 5.10 Å². The van der Waals surface area contributed by atoms with Gasteiger partial charge in [-0.2, -0.15) is 5.10 Å². The number of hydrogen-bond donors (Lipinski definition) is 1. The summed E-state index contributed by atoms with van der Waals surface area (Å²) in [7, 11) is 0. The summed E-state index contributed by atoms with van der Waals surface area (Å²) in [6.07, 6.45) is 0.902. The number of rotatable bonds is 3. The summed E-state index contributed by atoms with van der Waals surface area (Å²) in [5.74, 6) is 1.72. The van der Waals surface area contributed by atoms with Crippen molar-refractivity contribution in [3.63, 3.8) is 0 Å². The highest BCUT2D eigenvalue weighted by molar-refractivity contribution is 6.30. The first-order chi connectivity index (χ1) is 14.2. The molecular formula is C23H20ClN5. The normalized spacial score (nSPS) is 13.4. The van der Waals surface area contributed by atoms with E-state index in [0.717, 1.165) is 58.7 Å². The molecule has 5 nitrogen and oxygen atoms in total. The van der Waals surface area contributed by atoms with Crippen LogP contribution in [0.5, 0.6) is 0 Å². The SMILES string of the molecule is Cc1nc(-c2ccccc2)cc(N2CCc3[nH]nc(-c4ccc(Cl)cc4)c3C2)n1. The first-order valence-electron chi connectivity index (χ1n) is 9.65. The van der Waals surface area contributed by atoms with E-state index in [9.17, 15) is 0 Å². The van der Waals surface area contributed by atoms with Crippen molar-refractivity contribution in [3.05, 3.63) is 82.8 Å². The van der Waals surface area contributed by atoms with Crippen LogP contribution in [0.4, 0.5) is 5.82 Å². The molecule has 3 heterocycles. The second kappa shape index (κ2) is 7.33. The smallest absolute Gasteiger partial charge is 0.133 e. The van der Waals surface area contributed by atoms with Crippen molar-refractivity contribution in [2.24, 2.45) is 0 Å².